The standard InChI is InChI=1S/C21H24BrClN2O3/c1-15(16-5-3-2-4-6-16)11-19(26)24-9-7-21(28,8-10-24)14-25-13-17(22)18(23)12-20(25)27/h2-6,12-13,15,28H,7-11,14H2,1H3. The third-order valence-electron chi connectivity index (χ3n) is 5.39. The van der Waals surface area contributed by atoms with Gasteiger partial charge in [-0.1, -0.05) is 48.9 Å². The van der Waals surface area contributed by atoms with E-state index in [4.69, 9.17) is 11.6 Å². The van der Waals surface area contributed by atoms with Crippen LogP contribution in [0.1, 0.15) is 37.7 Å². The lowest BCUT2D eigenvalue weighted by Gasteiger charge is -2.38. The van der Waals surface area contributed by atoms with Crippen LogP contribution in [0.4, 0.5) is 0 Å². The van der Waals surface area contributed by atoms with Crippen LogP contribution in [0.15, 0.2) is 51.9 Å². The van der Waals surface area contributed by atoms with Gasteiger partial charge in [-0.3, -0.25) is 9.59 Å². The summed E-state index contributed by atoms with van der Waals surface area (Å²) in [5, 5.41) is 11.3. The predicted molar refractivity (Wildman–Crippen MR) is 114 cm³/mol. The molecular formula is C21H24BrClN2O3. The zero-order chi connectivity index (χ0) is 20.3. The summed E-state index contributed by atoms with van der Waals surface area (Å²) in [6.45, 7) is 3.21. The molecule has 1 atom stereocenters. The maximum absolute atomic E-state index is 12.7. The van der Waals surface area contributed by atoms with Gasteiger partial charge in [0.1, 0.15) is 0 Å². The minimum atomic E-state index is -1.01. The Kier molecular flexibility index (Phi) is 6.63. The van der Waals surface area contributed by atoms with Crippen LogP contribution in [-0.4, -0.2) is 39.2 Å². The number of benzene rings is 1. The summed E-state index contributed by atoms with van der Waals surface area (Å²) >= 11 is 9.24. The third-order valence-corrected chi connectivity index (χ3v) is 6.56. The summed E-state index contributed by atoms with van der Waals surface area (Å²) in [6.07, 6.45) is 2.92. The van der Waals surface area contributed by atoms with Crippen molar-refractivity contribution in [2.75, 3.05) is 13.1 Å². The first-order valence-corrected chi connectivity index (χ1v) is 10.6. The average Bonchev–Trinajstić information content (AvgIpc) is 2.67. The Balaban J connectivity index is 1.58. The van der Waals surface area contributed by atoms with Gasteiger partial charge < -0.3 is 14.6 Å². The van der Waals surface area contributed by atoms with E-state index in [-0.39, 0.29) is 23.9 Å². The van der Waals surface area contributed by atoms with Crippen molar-refractivity contribution in [1.29, 1.82) is 0 Å². The number of piperidine rings is 1. The molecule has 0 aliphatic carbocycles. The minimum absolute atomic E-state index is 0.102. The van der Waals surface area contributed by atoms with E-state index in [0.717, 1.165) is 5.56 Å². The fourth-order valence-corrected chi connectivity index (χ4v) is 4.09. The third kappa shape index (κ3) is 5.04. The number of aliphatic hydroxyl groups is 1. The first-order chi connectivity index (χ1) is 13.3. The Hall–Kier alpha value is -1.63. The molecule has 0 bridgehead atoms. The second-order valence-corrected chi connectivity index (χ2v) is 8.82. The van der Waals surface area contributed by atoms with Crippen molar-refractivity contribution in [2.45, 2.75) is 44.2 Å². The molecule has 1 aromatic heterocycles. The second kappa shape index (κ2) is 8.80. The van der Waals surface area contributed by atoms with Gasteiger partial charge in [0, 0.05) is 31.8 Å². The molecule has 1 unspecified atom stereocenters. The van der Waals surface area contributed by atoms with Gasteiger partial charge in [-0.05, 0) is 40.3 Å². The number of aromatic nitrogens is 1. The molecule has 7 heteroatoms. The number of carbonyl (C=O) groups excluding carboxylic acids is 1. The average molecular weight is 468 g/mol. The molecule has 5 nitrogen and oxygen atoms in total. The van der Waals surface area contributed by atoms with E-state index in [0.29, 0.717) is 41.8 Å². The molecule has 1 fully saturated rings. The molecule has 0 spiro atoms. The van der Waals surface area contributed by atoms with Crippen LogP contribution >= 0.6 is 27.5 Å². The molecular weight excluding hydrogens is 444 g/mol. The van der Waals surface area contributed by atoms with Crippen LogP contribution in [0.2, 0.25) is 5.02 Å². The number of carbonyl (C=O) groups is 1. The summed E-state index contributed by atoms with van der Waals surface area (Å²) in [6, 6.07) is 11.3. The molecule has 1 aliphatic heterocycles. The monoisotopic (exact) mass is 466 g/mol. The van der Waals surface area contributed by atoms with Gasteiger partial charge in [-0.15, -0.1) is 0 Å². The lowest BCUT2D eigenvalue weighted by atomic mass is 9.90. The second-order valence-electron chi connectivity index (χ2n) is 7.56. The van der Waals surface area contributed by atoms with E-state index in [2.05, 4.69) is 22.9 Å². The lowest BCUT2D eigenvalue weighted by molar-refractivity contribution is -0.136. The Labute approximate surface area is 178 Å². The van der Waals surface area contributed by atoms with Crippen molar-refractivity contribution in [3.05, 3.63) is 68.0 Å². The molecule has 0 saturated carbocycles. The Morgan fingerprint density at radius 2 is 1.93 bits per heavy atom. The number of likely N-dealkylation sites (tertiary alicyclic amines) is 1. The molecule has 28 heavy (non-hydrogen) atoms. The Bertz CT molecular complexity index is 892. The summed E-state index contributed by atoms with van der Waals surface area (Å²) < 4.78 is 2.07. The Morgan fingerprint density at radius 1 is 1.29 bits per heavy atom. The summed E-state index contributed by atoms with van der Waals surface area (Å²) in [5.74, 6) is 0.254. The van der Waals surface area contributed by atoms with E-state index < -0.39 is 5.60 Å². The number of hydrogen-bond donors (Lipinski definition) is 1. The van der Waals surface area contributed by atoms with E-state index >= 15 is 0 Å². The van der Waals surface area contributed by atoms with Gasteiger partial charge >= 0.3 is 0 Å². The van der Waals surface area contributed by atoms with Crippen LogP contribution in [0.3, 0.4) is 0 Å². The van der Waals surface area contributed by atoms with Crippen LogP contribution in [0.25, 0.3) is 0 Å². The molecule has 2 heterocycles. The number of nitrogens with zero attached hydrogens (tertiary/aromatic N) is 2. The predicted octanol–water partition coefficient (Wildman–Crippen LogP) is 3.81. The van der Waals surface area contributed by atoms with E-state index in [1.165, 1.54) is 10.6 Å². The minimum Gasteiger partial charge on any atom is -0.388 e. The van der Waals surface area contributed by atoms with Gasteiger partial charge in [0.2, 0.25) is 5.91 Å². The smallest absolute Gasteiger partial charge is 0.252 e. The van der Waals surface area contributed by atoms with Crippen molar-refractivity contribution in [3.8, 4) is 0 Å². The fraction of sp³-hybridized carbons (Fsp3) is 0.429. The molecule has 1 aromatic carbocycles. The largest absolute Gasteiger partial charge is 0.388 e. The highest BCUT2D eigenvalue weighted by Gasteiger charge is 2.34. The highest BCUT2D eigenvalue weighted by molar-refractivity contribution is 9.10. The van der Waals surface area contributed by atoms with Gasteiger partial charge in [0.25, 0.3) is 5.56 Å². The molecule has 1 amide bonds. The number of halogens is 2. The molecule has 1 saturated heterocycles. The van der Waals surface area contributed by atoms with Crippen molar-refractivity contribution in [1.82, 2.24) is 9.47 Å². The fourth-order valence-electron chi connectivity index (χ4n) is 3.58. The zero-order valence-corrected chi connectivity index (χ0v) is 18.1. The van der Waals surface area contributed by atoms with Crippen molar-refractivity contribution in [2.24, 2.45) is 0 Å². The van der Waals surface area contributed by atoms with Gasteiger partial charge in [0.15, 0.2) is 0 Å². The van der Waals surface area contributed by atoms with E-state index in [9.17, 15) is 14.7 Å². The normalized spacial score (nSPS) is 17.4. The number of rotatable bonds is 5. The van der Waals surface area contributed by atoms with Crippen LogP contribution in [-0.2, 0) is 11.3 Å². The van der Waals surface area contributed by atoms with Gasteiger partial charge in [0.05, 0.1) is 21.6 Å². The molecule has 1 aliphatic rings. The van der Waals surface area contributed by atoms with Crippen LogP contribution in [0.5, 0.6) is 0 Å². The van der Waals surface area contributed by atoms with Crippen molar-refractivity contribution in [3.63, 3.8) is 0 Å². The number of pyridine rings is 1. The molecule has 1 N–H and O–H groups in total. The summed E-state index contributed by atoms with van der Waals surface area (Å²) in [4.78, 5) is 26.6. The summed E-state index contributed by atoms with van der Waals surface area (Å²) in [7, 11) is 0. The molecule has 0 radical (unpaired) electrons. The molecule has 150 valence electrons. The van der Waals surface area contributed by atoms with Gasteiger partial charge in [-0.25, -0.2) is 0 Å². The highest BCUT2D eigenvalue weighted by atomic mass is 79.9. The van der Waals surface area contributed by atoms with E-state index in [1.807, 2.05) is 35.2 Å². The first-order valence-electron chi connectivity index (χ1n) is 9.38. The number of amides is 1. The first kappa shape index (κ1) is 21.1. The molecule has 3 rings (SSSR count). The topological polar surface area (TPSA) is 62.5 Å². The Morgan fingerprint density at radius 3 is 2.57 bits per heavy atom. The SMILES string of the molecule is CC(CC(=O)N1CCC(O)(Cn2cc(Br)c(Cl)cc2=O)CC1)c1ccccc1. The van der Waals surface area contributed by atoms with Crippen molar-refractivity contribution >= 4 is 33.4 Å². The maximum Gasteiger partial charge on any atom is 0.252 e. The van der Waals surface area contributed by atoms with Gasteiger partial charge in [-0.2, -0.15) is 0 Å². The zero-order valence-electron chi connectivity index (χ0n) is 15.8. The summed E-state index contributed by atoms with van der Waals surface area (Å²) in [5.41, 5.74) is -0.118. The maximum atomic E-state index is 12.7. The van der Waals surface area contributed by atoms with Crippen LogP contribution < -0.4 is 5.56 Å². The van der Waals surface area contributed by atoms with E-state index in [1.54, 1.807) is 6.20 Å². The lowest BCUT2D eigenvalue weighted by Crippen LogP contribution is -2.49. The van der Waals surface area contributed by atoms with Crippen LogP contribution in [0, 0.1) is 0 Å². The molecule has 2 aromatic rings. The van der Waals surface area contributed by atoms with Crippen molar-refractivity contribution < 1.29 is 9.90 Å². The quantitative estimate of drug-likeness (QED) is 0.727. The highest BCUT2D eigenvalue weighted by Crippen LogP contribution is 2.27. The number of hydrogen-bond acceptors (Lipinski definition) is 3.